The minimum absolute atomic E-state index is 0.0503. The minimum Gasteiger partial charge on any atom is -0.493 e. The van der Waals surface area contributed by atoms with E-state index >= 15 is 0 Å². The molecule has 0 amide bonds. The van der Waals surface area contributed by atoms with Crippen molar-refractivity contribution in [2.75, 3.05) is 108 Å². The van der Waals surface area contributed by atoms with E-state index in [2.05, 4.69) is 110 Å². The van der Waals surface area contributed by atoms with Crippen LogP contribution in [0.4, 0.5) is 22.9 Å². The Labute approximate surface area is 426 Å². The maximum Gasteiger partial charge on any atom is 0.339 e. The first-order valence-electron chi connectivity index (χ1n) is 26.4. The van der Waals surface area contributed by atoms with Crippen molar-refractivity contribution >= 4 is 48.0 Å². The van der Waals surface area contributed by atoms with Gasteiger partial charge in [0.05, 0.1) is 51.3 Å². The van der Waals surface area contributed by atoms with Crippen LogP contribution in [0.1, 0.15) is 65.2 Å². The van der Waals surface area contributed by atoms with Gasteiger partial charge in [0.15, 0.2) is 11.6 Å². The molecule has 3 atom stereocenters. The average molecular weight is 999 g/mol. The molecule has 5 aliphatic heterocycles. The molecule has 1 saturated carbocycles. The van der Waals surface area contributed by atoms with E-state index < -0.39 is 8.07 Å². The predicted molar refractivity (Wildman–Crippen MR) is 284 cm³/mol. The number of methoxy groups -OCH3 is 2. The van der Waals surface area contributed by atoms with Crippen LogP contribution in [0, 0.1) is 12.3 Å². The number of rotatable bonds is 14. The molecule has 6 aliphatic rings. The Morgan fingerprint density at radius 2 is 1.71 bits per heavy atom. The van der Waals surface area contributed by atoms with Crippen LogP contribution < -0.4 is 24.2 Å². The summed E-state index contributed by atoms with van der Waals surface area (Å²) in [5.74, 6) is 1.92. The molecule has 72 heavy (non-hydrogen) atoms. The number of anilines is 4. The van der Waals surface area contributed by atoms with Crippen LogP contribution in [0.2, 0.25) is 25.7 Å². The van der Waals surface area contributed by atoms with E-state index in [9.17, 15) is 4.79 Å². The zero-order valence-electron chi connectivity index (χ0n) is 43.3. The van der Waals surface area contributed by atoms with Gasteiger partial charge >= 0.3 is 5.97 Å². The number of hydrogen-bond acceptors (Lipinski definition) is 14. The van der Waals surface area contributed by atoms with E-state index in [0.29, 0.717) is 62.1 Å². The quantitative estimate of drug-likeness (QED) is 0.0600. The van der Waals surface area contributed by atoms with E-state index in [0.717, 1.165) is 124 Å². The first-order valence-corrected chi connectivity index (χ1v) is 30.1. The highest BCUT2D eigenvalue weighted by molar-refractivity contribution is 6.76. The Hall–Kier alpha value is -5.23. The number of piperazine rings is 1. The second-order valence-electron chi connectivity index (χ2n) is 22.4. The van der Waals surface area contributed by atoms with Crippen LogP contribution in [-0.4, -0.2) is 150 Å². The second-order valence-corrected chi connectivity index (χ2v) is 28.0. The predicted octanol–water partition coefficient (Wildman–Crippen LogP) is 8.68. The van der Waals surface area contributed by atoms with Crippen LogP contribution in [0.5, 0.6) is 11.6 Å². The molecule has 0 bridgehead atoms. The summed E-state index contributed by atoms with van der Waals surface area (Å²) in [6.45, 7) is 20.5. The first kappa shape index (κ1) is 49.0. The lowest BCUT2D eigenvalue weighted by Crippen LogP contribution is -2.59. The Bertz CT molecular complexity index is 2720. The highest BCUT2D eigenvalue weighted by Gasteiger charge is 2.50. The summed E-state index contributed by atoms with van der Waals surface area (Å²) in [6, 6.07) is 23.7. The summed E-state index contributed by atoms with van der Waals surface area (Å²) in [7, 11) is 2.00. The SMILES string of the molecule is COC(=O)c1ccc(N2CCC3(CC2)CC(N2CCN(Cc4cnc(N5CCOCC5)c(OC)c4)C[C@H]2c2ccccc2C)C3)cc1N1c2cc3ccn(COCC[Si](C)(C)C)c3nc2O[C@H]2COCC[C@@H]21. The standard InChI is InChI=1S/C56H74N8O7Si/c1-39-9-7-8-10-44(39)49-36-59(35-40-29-50(66-2)53(57-34-40)61-22-25-68-26-23-61)20-21-63(49)43-32-56(33-43)15-18-60(19-16-56)42-11-12-45(55(65)67-3)47(31-42)64-46-14-24-69-37-51(46)71-54-48(64)30-41-13-17-62(52(41)58-54)38-70-27-28-72(4,5)6/h7-13,17,29-31,34,43,46,49,51H,14-16,18-28,32-33,35-38H2,1-6H3/t46-,49-,51-/m0/s1. The fourth-order valence-corrected chi connectivity index (χ4v) is 13.2. The lowest BCUT2D eigenvalue weighted by atomic mass is 9.59. The van der Waals surface area contributed by atoms with Crippen LogP contribution in [0.15, 0.2) is 73.1 Å². The van der Waals surface area contributed by atoms with E-state index in [1.54, 1.807) is 7.11 Å². The maximum atomic E-state index is 13.7. The van der Waals surface area contributed by atoms with Gasteiger partial charge in [0.25, 0.3) is 0 Å². The molecule has 15 nitrogen and oxygen atoms in total. The fourth-order valence-electron chi connectivity index (χ4n) is 12.4. The number of benzene rings is 2. The molecule has 3 aromatic heterocycles. The van der Waals surface area contributed by atoms with E-state index in [-0.39, 0.29) is 18.1 Å². The molecule has 1 aliphatic carbocycles. The molecular weight excluding hydrogens is 925 g/mol. The minimum atomic E-state index is -1.22. The topological polar surface area (TPSA) is 119 Å². The Kier molecular flexibility index (Phi) is 14.0. The van der Waals surface area contributed by atoms with Gasteiger partial charge in [-0.05, 0) is 104 Å². The van der Waals surface area contributed by atoms with Gasteiger partial charge in [-0.15, -0.1) is 0 Å². The molecule has 16 heteroatoms. The first-order chi connectivity index (χ1) is 35.0. The zero-order chi connectivity index (χ0) is 49.6. The number of ether oxygens (including phenoxy) is 6. The number of pyridine rings is 2. The largest absolute Gasteiger partial charge is 0.493 e. The number of fused-ring (bicyclic) bond motifs is 3. The highest BCUT2D eigenvalue weighted by Crippen LogP contribution is 2.54. The van der Waals surface area contributed by atoms with Crippen LogP contribution in [0.3, 0.4) is 0 Å². The van der Waals surface area contributed by atoms with Crippen molar-refractivity contribution in [3.8, 4) is 11.6 Å². The van der Waals surface area contributed by atoms with Gasteiger partial charge in [-0.2, -0.15) is 4.98 Å². The fraction of sp³-hybridized carbons (Fsp3) is 0.554. The van der Waals surface area contributed by atoms with Gasteiger partial charge in [-0.25, -0.2) is 9.78 Å². The monoisotopic (exact) mass is 999 g/mol. The highest BCUT2D eigenvalue weighted by atomic mass is 28.3. The third kappa shape index (κ3) is 9.94. The van der Waals surface area contributed by atoms with Crippen molar-refractivity contribution in [1.82, 2.24) is 24.3 Å². The number of hydrogen-bond donors (Lipinski definition) is 0. The molecule has 5 aromatic rings. The van der Waals surface area contributed by atoms with E-state index in [1.807, 2.05) is 18.5 Å². The molecule has 5 fully saturated rings. The van der Waals surface area contributed by atoms with Crippen LogP contribution >= 0.6 is 0 Å². The van der Waals surface area contributed by atoms with Crippen LogP contribution in [0.25, 0.3) is 11.0 Å². The third-order valence-electron chi connectivity index (χ3n) is 16.6. The summed E-state index contributed by atoms with van der Waals surface area (Å²) < 4.78 is 37.8. The Morgan fingerprint density at radius 1 is 0.889 bits per heavy atom. The number of aromatic nitrogens is 3. The molecule has 384 valence electrons. The van der Waals surface area contributed by atoms with E-state index in [4.69, 9.17) is 38.4 Å². The Balaban J connectivity index is 0.792. The molecule has 1 spiro atoms. The molecule has 4 saturated heterocycles. The van der Waals surface area contributed by atoms with Gasteiger partial charge in [0.1, 0.15) is 24.2 Å². The maximum absolute atomic E-state index is 13.7. The Morgan fingerprint density at radius 3 is 2.49 bits per heavy atom. The summed E-state index contributed by atoms with van der Waals surface area (Å²) in [5, 5.41) is 0.994. The van der Waals surface area contributed by atoms with Gasteiger partial charge in [0, 0.05) is 109 Å². The lowest BCUT2D eigenvalue weighted by Gasteiger charge is -2.58. The van der Waals surface area contributed by atoms with Crippen LogP contribution in [-0.2, 0) is 32.2 Å². The van der Waals surface area contributed by atoms with Gasteiger partial charge < -0.3 is 47.7 Å². The lowest BCUT2D eigenvalue weighted by molar-refractivity contribution is -0.0627. The molecule has 8 heterocycles. The zero-order valence-corrected chi connectivity index (χ0v) is 44.3. The van der Waals surface area contributed by atoms with Crippen molar-refractivity contribution in [3.05, 3.63) is 95.3 Å². The van der Waals surface area contributed by atoms with Crippen molar-refractivity contribution in [1.29, 1.82) is 0 Å². The summed E-state index contributed by atoms with van der Waals surface area (Å²) in [5.41, 5.74) is 8.45. The number of piperidine rings is 1. The number of esters is 1. The average Bonchev–Trinajstić information content (AvgIpc) is 3.78. The number of nitrogens with zero attached hydrogens (tertiary/aromatic N) is 8. The van der Waals surface area contributed by atoms with Gasteiger partial charge in [0.2, 0.25) is 5.88 Å². The van der Waals surface area contributed by atoms with Crippen molar-refractivity contribution in [3.63, 3.8) is 0 Å². The molecule has 2 aromatic carbocycles. The number of carbonyl (C=O) groups is 1. The molecule has 0 radical (unpaired) electrons. The van der Waals surface area contributed by atoms with Crippen molar-refractivity contribution in [2.24, 2.45) is 5.41 Å². The number of aryl methyl sites for hydroxylation is 1. The third-order valence-corrected chi connectivity index (χ3v) is 18.3. The molecular formula is C56H74N8O7Si. The van der Waals surface area contributed by atoms with E-state index in [1.165, 1.54) is 36.6 Å². The summed E-state index contributed by atoms with van der Waals surface area (Å²) in [4.78, 5) is 36.3. The smallest absolute Gasteiger partial charge is 0.339 e. The van der Waals surface area contributed by atoms with Crippen molar-refractivity contribution in [2.45, 2.75) is 102 Å². The number of carbonyl (C=O) groups excluding carboxylic acids is 1. The summed E-state index contributed by atoms with van der Waals surface area (Å²) >= 11 is 0. The molecule has 11 rings (SSSR count). The van der Waals surface area contributed by atoms with Gasteiger partial charge in [-0.1, -0.05) is 43.9 Å². The van der Waals surface area contributed by atoms with Gasteiger partial charge in [-0.3, -0.25) is 9.80 Å². The normalized spacial score (nSPS) is 22.9. The molecule has 0 unspecified atom stereocenters. The summed E-state index contributed by atoms with van der Waals surface area (Å²) in [6.07, 6.45) is 9.32. The molecule has 0 N–H and O–H groups in total. The number of morpholine rings is 1. The van der Waals surface area contributed by atoms with Crippen molar-refractivity contribution < 1.29 is 33.2 Å². The second kappa shape index (κ2) is 20.6.